The zero-order chi connectivity index (χ0) is 24.1. The smallest absolute Gasteiger partial charge is 0.324 e. The molecule has 8 nitrogen and oxygen atoms in total. The standard InChI is InChI=1S/C23H23FN2O6S/c1-12-8-9-14(16(24)10-12)18(19-21(27)31-23(2,3)32-22(19)28)15-11-25-20-13(15)6-5-7-17(20)26-33(4,29)30/h5-11,18-19,25-26H,1-4H3. The number of benzene rings is 2. The van der Waals surface area contributed by atoms with Crippen molar-refractivity contribution in [1.29, 1.82) is 0 Å². The summed E-state index contributed by atoms with van der Waals surface area (Å²) in [5.74, 6) is -6.23. The van der Waals surface area contributed by atoms with Gasteiger partial charge in [0.1, 0.15) is 5.82 Å². The first-order valence-electron chi connectivity index (χ1n) is 10.2. The number of nitrogens with one attached hydrogen (secondary N) is 2. The van der Waals surface area contributed by atoms with E-state index in [1.807, 2.05) is 0 Å². The fourth-order valence-corrected chi connectivity index (χ4v) is 4.70. The molecule has 0 radical (unpaired) electrons. The molecule has 1 aliphatic rings. The van der Waals surface area contributed by atoms with Crippen LogP contribution in [0.15, 0.2) is 42.6 Å². The second-order valence-electron chi connectivity index (χ2n) is 8.57. The number of para-hydroxylation sites is 1. The van der Waals surface area contributed by atoms with Crippen molar-refractivity contribution in [3.8, 4) is 0 Å². The zero-order valence-corrected chi connectivity index (χ0v) is 19.2. The maximum Gasteiger partial charge on any atom is 0.324 e. The molecule has 4 rings (SSSR count). The first kappa shape index (κ1) is 22.8. The third kappa shape index (κ3) is 4.43. The molecule has 3 aromatic rings. The number of aromatic nitrogens is 1. The Bertz CT molecular complexity index is 1360. The molecule has 1 aliphatic heterocycles. The fourth-order valence-electron chi connectivity index (χ4n) is 4.13. The van der Waals surface area contributed by atoms with Crippen molar-refractivity contribution >= 4 is 38.6 Å². The number of carbonyl (C=O) groups is 2. The number of H-pyrrole nitrogens is 1. The van der Waals surface area contributed by atoms with Gasteiger partial charge in [0.15, 0.2) is 5.92 Å². The molecule has 1 unspecified atom stereocenters. The van der Waals surface area contributed by atoms with E-state index in [-0.39, 0.29) is 11.3 Å². The summed E-state index contributed by atoms with van der Waals surface area (Å²) in [6, 6.07) is 9.40. The molecule has 33 heavy (non-hydrogen) atoms. The number of anilines is 1. The summed E-state index contributed by atoms with van der Waals surface area (Å²) in [5, 5.41) is 0.513. The first-order valence-corrected chi connectivity index (χ1v) is 12.0. The van der Waals surface area contributed by atoms with Crippen molar-refractivity contribution < 1.29 is 31.9 Å². The zero-order valence-electron chi connectivity index (χ0n) is 18.4. The molecule has 0 amide bonds. The Balaban J connectivity index is 1.93. The van der Waals surface area contributed by atoms with Crippen LogP contribution in [-0.4, -0.2) is 37.4 Å². The number of sulfonamides is 1. The molecule has 0 saturated carbocycles. The van der Waals surface area contributed by atoms with Crippen LogP contribution in [-0.2, 0) is 29.1 Å². The maximum absolute atomic E-state index is 15.1. The second-order valence-corrected chi connectivity index (χ2v) is 10.3. The molecule has 1 aromatic heterocycles. The van der Waals surface area contributed by atoms with E-state index in [9.17, 15) is 18.0 Å². The number of hydrogen-bond acceptors (Lipinski definition) is 6. The van der Waals surface area contributed by atoms with Crippen LogP contribution in [0.2, 0.25) is 0 Å². The summed E-state index contributed by atoms with van der Waals surface area (Å²) >= 11 is 0. The minimum absolute atomic E-state index is 0.113. The molecule has 174 valence electrons. The molecular weight excluding hydrogens is 451 g/mol. The summed E-state index contributed by atoms with van der Waals surface area (Å²) in [4.78, 5) is 28.9. The molecule has 1 saturated heterocycles. The van der Waals surface area contributed by atoms with Crippen LogP contribution < -0.4 is 4.72 Å². The van der Waals surface area contributed by atoms with Gasteiger partial charge in [-0.25, -0.2) is 12.8 Å². The van der Waals surface area contributed by atoms with E-state index in [0.717, 1.165) is 6.26 Å². The molecule has 0 bridgehead atoms. The highest BCUT2D eigenvalue weighted by atomic mass is 32.2. The summed E-state index contributed by atoms with van der Waals surface area (Å²) in [5.41, 5.74) is 1.90. The molecule has 2 N–H and O–H groups in total. The normalized spacial score (nSPS) is 17.5. The lowest BCUT2D eigenvalue weighted by Gasteiger charge is -2.36. The largest absolute Gasteiger partial charge is 0.422 e. The minimum atomic E-state index is -3.57. The summed E-state index contributed by atoms with van der Waals surface area (Å²) in [7, 11) is -3.57. The first-order chi connectivity index (χ1) is 15.4. The number of fused-ring (bicyclic) bond motifs is 1. The van der Waals surface area contributed by atoms with Crippen molar-refractivity contribution in [3.63, 3.8) is 0 Å². The molecular formula is C23H23FN2O6S. The van der Waals surface area contributed by atoms with Gasteiger partial charge in [0.2, 0.25) is 10.0 Å². The SMILES string of the molecule is Cc1ccc(C(c2c[nH]c3c(NS(C)(=O)=O)cccc23)C2C(=O)OC(C)(C)OC2=O)c(F)c1. The van der Waals surface area contributed by atoms with Gasteiger partial charge in [0.25, 0.3) is 5.79 Å². The van der Waals surface area contributed by atoms with Crippen molar-refractivity contribution in [2.24, 2.45) is 5.92 Å². The number of halogens is 1. The van der Waals surface area contributed by atoms with Gasteiger partial charge in [0.05, 0.1) is 17.5 Å². The Morgan fingerprint density at radius 3 is 2.36 bits per heavy atom. The maximum atomic E-state index is 15.1. The van der Waals surface area contributed by atoms with E-state index in [4.69, 9.17) is 9.47 Å². The number of esters is 2. The molecule has 1 atom stereocenters. The van der Waals surface area contributed by atoms with Gasteiger partial charge in [0, 0.05) is 31.3 Å². The van der Waals surface area contributed by atoms with Crippen LogP contribution in [0.4, 0.5) is 10.1 Å². The van der Waals surface area contributed by atoms with Crippen LogP contribution in [0.5, 0.6) is 0 Å². The van der Waals surface area contributed by atoms with Crippen LogP contribution >= 0.6 is 0 Å². The molecule has 0 spiro atoms. The van der Waals surface area contributed by atoms with E-state index in [2.05, 4.69) is 9.71 Å². The number of rotatable bonds is 5. The number of aromatic amines is 1. The lowest BCUT2D eigenvalue weighted by atomic mass is 9.79. The van der Waals surface area contributed by atoms with Crippen molar-refractivity contribution in [2.45, 2.75) is 32.5 Å². The van der Waals surface area contributed by atoms with Gasteiger partial charge >= 0.3 is 11.9 Å². The Morgan fingerprint density at radius 1 is 1.09 bits per heavy atom. The Hall–Kier alpha value is -3.40. The Morgan fingerprint density at radius 2 is 1.76 bits per heavy atom. The third-order valence-electron chi connectivity index (χ3n) is 5.40. The highest BCUT2D eigenvalue weighted by Gasteiger charge is 2.49. The third-order valence-corrected chi connectivity index (χ3v) is 5.99. The van der Waals surface area contributed by atoms with Crippen molar-refractivity contribution in [2.75, 3.05) is 11.0 Å². The average Bonchev–Trinajstić information content (AvgIpc) is 3.08. The molecule has 10 heteroatoms. The van der Waals surface area contributed by atoms with E-state index in [1.54, 1.807) is 31.2 Å². The predicted molar refractivity (Wildman–Crippen MR) is 119 cm³/mol. The minimum Gasteiger partial charge on any atom is -0.422 e. The lowest BCUT2D eigenvalue weighted by Crippen LogP contribution is -2.48. The Kier molecular flexibility index (Phi) is 5.44. The predicted octanol–water partition coefficient (Wildman–Crippen LogP) is 3.57. The number of hydrogen-bond donors (Lipinski definition) is 2. The van der Waals surface area contributed by atoms with E-state index in [1.165, 1.54) is 32.2 Å². The molecule has 2 heterocycles. The monoisotopic (exact) mass is 474 g/mol. The molecule has 1 fully saturated rings. The number of ether oxygens (including phenoxy) is 2. The van der Waals surface area contributed by atoms with Crippen LogP contribution in [0.3, 0.4) is 0 Å². The number of aryl methyl sites for hydroxylation is 1. The average molecular weight is 475 g/mol. The van der Waals surface area contributed by atoms with Gasteiger partial charge in [-0.1, -0.05) is 24.3 Å². The van der Waals surface area contributed by atoms with Gasteiger partial charge in [-0.3, -0.25) is 14.3 Å². The fraction of sp³-hybridized carbons (Fsp3) is 0.304. The van der Waals surface area contributed by atoms with Gasteiger partial charge in [-0.05, 0) is 35.7 Å². The van der Waals surface area contributed by atoms with Crippen LogP contribution in [0.25, 0.3) is 10.9 Å². The van der Waals surface area contributed by atoms with Crippen LogP contribution in [0, 0.1) is 18.7 Å². The van der Waals surface area contributed by atoms with Crippen LogP contribution in [0.1, 0.15) is 36.5 Å². The quantitative estimate of drug-likeness (QED) is 0.432. The second kappa shape index (κ2) is 7.87. The summed E-state index contributed by atoms with van der Waals surface area (Å²) in [6.07, 6.45) is 2.55. The highest BCUT2D eigenvalue weighted by molar-refractivity contribution is 7.92. The van der Waals surface area contributed by atoms with Crippen molar-refractivity contribution in [1.82, 2.24) is 4.98 Å². The van der Waals surface area contributed by atoms with Gasteiger partial charge in [-0.15, -0.1) is 0 Å². The molecule has 2 aromatic carbocycles. The van der Waals surface area contributed by atoms with E-state index >= 15 is 4.39 Å². The summed E-state index contributed by atoms with van der Waals surface area (Å²) in [6.45, 7) is 4.60. The van der Waals surface area contributed by atoms with Crippen molar-refractivity contribution in [3.05, 3.63) is 65.1 Å². The highest BCUT2D eigenvalue weighted by Crippen LogP contribution is 2.42. The Labute approximate surface area is 190 Å². The number of carbonyl (C=O) groups excluding carboxylic acids is 2. The lowest BCUT2D eigenvalue weighted by molar-refractivity contribution is -0.240. The summed E-state index contributed by atoms with van der Waals surface area (Å²) < 4.78 is 51.8. The van der Waals surface area contributed by atoms with Gasteiger partial charge < -0.3 is 14.5 Å². The topological polar surface area (TPSA) is 115 Å². The van der Waals surface area contributed by atoms with Gasteiger partial charge in [-0.2, -0.15) is 0 Å². The van der Waals surface area contributed by atoms with E-state index in [0.29, 0.717) is 22.0 Å². The molecule has 0 aliphatic carbocycles. The van der Waals surface area contributed by atoms with E-state index < -0.39 is 45.4 Å². The number of cyclic esters (lactones) is 2.